The van der Waals surface area contributed by atoms with Gasteiger partial charge in [0.15, 0.2) is 11.6 Å². The Labute approximate surface area is 221 Å². The number of nitrogens with zero attached hydrogens (tertiary/aromatic N) is 5. The van der Waals surface area contributed by atoms with E-state index in [1.54, 1.807) is 24.3 Å². The molecule has 0 spiro atoms. The Balaban J connectivity index is 1.40. The van der Waals surface area contributed by atoms with Crippen molar-refractivity contribution in [1.82, 2.24) is 24.2 Å². The van der Waals surface area contributed by atoms with E-state index in [0.29, 0.717) is 17.1 Å². The molecule has 0 aliphatic rings. The first kappa shape index (κ1) is 25.8. The Morgan fingerprint density at radius 2 is 1.95 bits per heavy atom. The van der Waals surface area contributed by atoms with Gasteiger partial charge in [-0.05, 0) is 35.8 Å². The second kappa shape index (κ2) is 10.9. The largest absolute Gasteiger partial charge is 0.508 e. The van der Waals surface area contributed by atoms with Gasteiger partial charge in [-0.25, -0.2) is 27.2 Å². The minimum absolute atomic E-state index is 0.00650. The average molecular weight is 560 g/mol. The molecule has 0 fully saturated rings. The van der Waals surface area contributed by atoms with Gasteiger partial charge >= 0.3 is 0 Å². The van der Waals surface area contributed by atoms with Crippen LogP contribution in [0.4, 0.5) is 23.5 Å². The fraction of sp³-hybridized carbons (Fsp3) is 0.125. The number of anilines is 1. The van der Waals surface area contributed by atoms with E-state index in [4.69, 9.17) is 4.74 Å². The standard InChI is InChI=1S/C24H17F4N7O3S/c25-15-5-12(14-6-13(36)7-16(26)22(14)38-11-21(27)28)8-29-18(15)9-30-24-32-17-3-1-2-4-19(17)35(24)33-23(37)20-10-31-34-39-20/h1-8,10,21,36H,9,11H2,(H,30,32)(H,33,37). The lowest BCUT2D eigenvalue weighted by atomic mass is 10.0. The molecule has 0 aliphatic carbocycles. The number of aromatic nitrogens is 5. The van der Waals surface area contributed by atoms with Crippen molar-refractivity contribution in [1.29, 1.82) is 0 Å². The molecule has 39 heavy (non-hydrogen) atoms. The highest BCUT2D eigenvalue weighted by atomic mass is 32.1. The number of hydrogen-bond donors (Lipinski definition) is 3. The predicted octanol–water partition coefficient (Wildman–Crippen LogP) is 4.57. The molecule has 3 N–H and O–H groups in total. The van der Waals surface area contributed by atoms with Crippen LogP contribution in [0.3, 0.4) is 0 Å². The minimum Gasteiger partial charge on any atom is -0.508 e. The van der Waals surface area contributed by atoms with Gasteiger partial charge in [0.25, 0.3) is 12.3 Å². The molecule has 0 bridgehead atoms. The smallest absolute Gasteiger partial charge is 0.283 e. The summed E-state index contributed by atoms with van der Waals surface area (Å²) in [6.45, 7) is -1.26. The maximum atomic E-state index is 15.1. The molecule has 0 atom stereocenters. The summed E-state index contributed by atoms with van der Waals surface area (Å²) in [5.41, 5.74) is 3.59. The summed E-state index contributed by atoms with van der Waals surface area (Å²) in [4.78, 5) is 21.4. The number of carbonyl (C=O) groups excluding carboxylic acids is 1. The third-order valence-corrected chi connectivity index (χ3v) is 6.05. The molecular formula is C24H17F4N7O3S. The van der Waals surface area contributed by atoms with Crippen molar-refractivity contribution in [3.05, 3.63) is 77.1 Å². The predicted molar refractivity (Wildman–Crippen MR) is 133 cm³/mol. The number of amides is 1. The summed E-state index contributed by atoms with van der Waals surface area (Å²) in [5, 5.41) is 16.4. The number of benzene rings is 2. The van der Waals surface area contributed by atoms with Crippen molar-refractivity contribution in [3.8, 4) is 22.6 Å². The van der Waals surface area contributed by atoms with E-state index in [2.05, 4.69) is 30.3 Å². The lowest BCUT2D eigenvalue weighted by Crippen LogP contribution is -2.24. The van der Waals surface area contributed by atoms with Crippen LogP contribution in [0.2, 0.25) is 0 Å². The number of nitrogens with one attached hydrogen (secondary N) is 2. The molecule has 0 saturated carbocycles. The molecule has 3 aromatic heterocycles. The van der Waals surface area contributed by atoms with Gasteiger partial charge in [0.05, 0.1) is 29.5 Å². The number of ether oxygens (including phenoxy) is 1. The van der Waals surface area contributed by atoms with Crippen LogP contribution < -0.4 is 15.5 Å². The number of pyridine rings is 1. The summed E-state index contributed by atoms with van der Waals surface area (Å²) in [5.74, 6) is -3.27. The quantitative estimate of drug-likeness (QED) is 0.224. The van der Waals surface area contributed by atoms with Gasteiger partial charge in [-0.15, -0.1) is 5.10 Å². The molecule has 2 aromatic carbocycles. The number of imidazole rings is 1. The van der Waals surface area contributed by atoms with E-state index in [9.17, 15) is 23.1 Å². The average Bonchev–Trinajstić information content (AvgIpc) is 3.56. The van der Waals surface area contributed by atoms with Gasteiger partial charge in [-0.1, -0.05) is 16.6 Å². The molecule has 5 rings (SSSR count). The SMILES string of the molecule is O=C(Nn1c(NCc2ncc(-c3cc(O)cc(F)c3OCC(F)F)cc2F)nc2ccccc21)c1cnns1. The lowest BCUT2D eigenvalue weighted by Gasteiger charge is -2.14. The maximum Gasteiger partial charge on any atom is 0.283 e. The summed E-state index contributed by atoms with van der Waals surface area (Å²) in [7, 11) is 0. The van der Waals surface area contributed by atoms with Crippen LogP contribution in [0.15, 0.2) is 54.9 Å². The van der Waals surface area contributed by atoms with Crippen LogP contribution >= 0.6 is 11.5 Å². The van der Waals surface area contributed by atoms with Crippen molar-refractivity contribution in [2.24, 2.45) is 0 Å². The third kappa shape index (κ3) is 5.57. The van der Waals surface area contributed by atoms with Crippen LogP contribution in [0.25, 0.3) is 22.2 Å². The summed E-state index contributed by atoms with van der Waals surface area (Å²) >= 11 is 0.911. The molecule has 200 valence electrons. The Bertz CT molecular complexity index is 1650. The number of phenolic OH excluding ortho intramolecular Hbond substituents is 1. The van der Waals surface area contributed by atoms with E-state index in [-0.39, 0.29) is 34.2 Å². The molecule has 0 radical (unpaired) electrons. The number of alkyl halides is 2. The minimum atomic E-state index is -2.87. The number of aromatic hydroxyl groups is 1. The second-order valence-electron chi connectivity index (χ2n) is 7.99. The number of rotatable bonds is 9. The zero-order chi connectivity index (χ0) is 27.5. The van der Waals surface area contributed by atoms with Gasteiger partial charge < -0.3 is 15.2 Å². The van der Waals surface area contributed by atoms with Crippen LogP contribution in [0.1, 0.15) is 15.4 Å². The van der Waals surface area contributed by atoms with Crippen molar-refractivity contribution < 1.29 is 32.2 Å². The zero-order valence-corrected chi connectivity index (χ0v) is 20.4. The summed E-state index contributed by atoms with van der Waals surface area (Å²) < 4.78 is 64.6. The number of para-hydroxylation sites is 2. The van der Waals surface area contributed by atoms with Crippen LogP contribution in [-0.2, 0) is 6.54 Å². The zero-order valence-electron chi connectivity index (χ0n) is 19.6. The van der Waals surface area contributed by atoms with E-state index < -0.39 is 42.1 Å². The second-order valence-corrected chi connectivity index (χ2v) is 8.78. The Morgan fingerprint density at radius 3 is 2.69 bits per heavy atom. The summed E-state index contributed by atoms with van der Waals surface area (Å²) in [6.07, 6.45) is -0.373. The highest BCUT2D eigenvalue weighted by Crippen LogP contribution is 2.36. The number of carbonyl (C=O) groups is 1. The Kier molecular flexibility index (Phi) is 7.23. The van der Waals surface area contributed by atoms with E-state index in [0.717, 1.165) is 23.7 Å². The molecule has 15 heteroatoms. The first-order chi connectivity index (χ1) is 18.8. The third-order valence-electron chi connectivity index (χ3n) is 5.38. The maximum absolute atomic E-state index is 15.1. The molecule has 0 aliphatic heterocycles. The Hall–Kier alpha value is -4.79. The molecule has 5 aromatic rings. The van der Waals surface area contributed by atoms with Gasteiger partial charge in [0.2, 0.25) is 5.95 Å². The first-order valence-electron chi connectivity index (χ1n) is 11.2. The van der Waals surface area contributed by atoms with Gasteiger partial charge in [0, 0.05) is 23.4 Å². The van der Waals surface area contributed by atoms with Gasteiger partial charge in [-0.2, -0.15) is 0 Å². The van der Waals surface area contributed by atoms with Crippen LogP contribution in [0.5, 0.6) is 11.5 Å². The van der Waals surface area contributed by atoms with Gasteiger partial charge in [-0.3, -0.25) is 15.2 Å². The van der Waals surface area contributed by atoms with Crippen LogP contribution in [-0.4, -0.2) is 48.3 Å². The highest BCUT2D eigenvalue weighted by molar-refractivity contribution is 7.07. The molecule has 0 saturated heterocycles. The number of halogens is 4. The number of fused-ring (bicyclic) bond motifs is 1. The molecule has 1 amide bonds. The topological polar surface area (TPSA) is 127 Å². The van der Waals surface area contributed by atoms with E-state index >= 15 is 4.39 Å². The van der Waals surface area contributed by atoms with Gasteiger partial charge in [0.1, 0.15) is 23.1 Å². The van der Waals surface area contributed by atoms with Crippen LogP contribution in [0, 0.1) is 11.6 Å². The van der Waals surface area contributed by atoms with Crippen molar-refractivity contribution in [3.63, 3.8) is 0 Å². The number of phenols is 1. The lowest BCUT2D eigenvalue weighted by molar-refractivity contribution is 0.0802. The van der Waals surface area contributed by atoms with Crippen molar-refractivity contribution in [2.45, 2.75) is 13.0 Å². The van der Waals surface area contributed by atoms with Crippen molar-refractivity contribution in [2.75, 3.05) is 17.3 Å². The Morgan fingerprint density at radius 1 is 1.13 bits per heavy atom. The first-order valence-corrected chi connectivity index (χ1v) is 12.0. The fourth-order valence-corrected chi connectivity index (χ4v) is 4.08. The number of hydrogen-bond acceptors (Lipinski definition) is 9. The summed E-state index contributed by atoms with van der Waals surface area (Å²) in [6, 6.07) is 9.75. The molecular weight excluding hydrogens is 542 g/mol. The van der Waals surface area contributed by atoms with E-state index in [1.165, 1.54) is 17.1 Å². The highest BCUT2D eigenvalue weighted by Gasteiger charge is 2.19. The van der Waals surface area contributed by atoms with Crippen molar-refractivity contribution >= 4 is 34.4 Å². The monoisotopic (exact) mass is 559 g/mol. The molecule has 10 nitrogen and oxygen atoms in total. The van der Waals surface area contributed by atoms with E-state index in [1.807, 2.05) is 0 Å². The fourth-order valence-electron chi connectivity index (χ4n) is 3.67. The molecule has 3 heterocycles. The normalized spacial score (nSPS) is 11.2. The molecule has 0 unspecified atom stereocenters.